The molecule has 1 aromatic heterocycles. The van der Waals surface area contributed by atoms with E-state index >= 15 is 0 Å². The van der Waals surface area contributed by atoms with E-state index in [1.807, 2.05) is 0 Å². The van der Waals surface area contributed by atoms with Crippen molar-refractivity contribution in [3.63, 3.8) is 0 Å². The average molecular weight is 434 g/mol. The van der Waals surface area contributed by atoms with E-state index < -0.39 is 17.7 Å². The third-order valence-electron chi connectivity index (χ3n) is 4.27. The molecule has 0 fully saturated rings. The molecule has 8 nitrogen and oxygen atoms in total. The highest BCUT2D eigenvalue weighted by Crippen LogP contribution is 2.38. The lowest BCUT2D eigenvalue weighted by Gasteiger charge is -2.12. The quantitative estimate of drug-likeness (QED) is 0.555. The van der Waals surface area contributed by atoms with E-state index in [9.17, 15) is 14.0 Å². The molecule has 0 unspecified atom stereocenters. The summed E-state index contributed by atoms with van der Waals surface area (Å²) < 4.78 is 36.2. The normalized spacial score (nSPS) is 11.4. The molecule has 0 radical (unpaired) electrons. The van der Waals surface area contributed by atoms with Gasteiger partial charge >= 0.3 is 5.97 Å². The Balaban J connectivity index is 2.15. The first-order valence-corrected chi connectivity index (χ1v) is 9.48. The van der Waals surface area contributed by atoms with E-state index in [0.717, 1.165) is 11.3 Å². The number of carbonyl (C=O) groups excluding carboxylic acids is 2. The highest BCUT2D eigenvalue weighted by molar-refractivity contribution is 7.16. The van der Waals surface area contributed by atoms with Gasteiger partial charge in [0.15, 0.2) is 16.3 Å². The molecule has 0 saturated heterocycles. The highest BCUT2D eigenvalue weighted by Gasteiger charge is 2.18. The fraction of sp³-hybridized carbons (Fsp3) is 0.250. The number of ether oxygens (including phenoxy) is 4. The Morgan fingerprint density at radius 2 is 1.70 bits per heavy atom. The Morgan fingerprint density at radius 3 is 2.27 bits per heavy atom. The molecule has 10 heteroatoms. The molecule has 0 atom stereocenters. The molecular weight excluding hydrogens is 415 g/mol. The van der Waals surface area contributed by atoms with Gasteiger partial charge in [-0.15, -0.1) is 0 Å². The SMILES string of the molecule is COC(=O)Cn1c(=NC(=O)c2cc(OC)c(OC)c(OC)c2)sc2cc(F)ccc21. The zero-order valence-corrected chi connectivity index (χ0v) is 17.5. The first kappa shape index (κ1) is 21.3. The Kier molecular flexibility index (Phi) is 6.36. The van der Waals surface area contributed by atoms with Gasteiger partial charge in [-0.1, -0.05) is 11.3 Å². The molecule has 0 aliphatic rings. The number of rotatable bonds is 6. The average Bonchev–Trinajstić information content (AvgIpc) is 3.07. The molecular formula is C20H19FN2O6S. The molecule has 0 bridgehead atoms. The van der Waals surface area contributed by atoms with Crippen LogP contribution in [0.15, 0.2) is 35.3 Å². The lowest BCUT2D eigenvalue weighted by molar-refractivity contribution is -0.141. The van der Waals surface area contributed by atoms with Crippen molar-refractivity contribution in [2.24, 2.45) is 4.99 Å². The minimum Gasteiger partial charge on any atom is -0.493 e. The second kappa shape index (κ2) is 8.95. The Morgan fingerprint density at radius 1 is 1.03 bits per heavy atom. The Bertz CT molecular complexity index is 1160. The van der Waals surface area contributed by atoms with Crippen LogP contribution < -0.4 is 19.0 Å². The van der Waals surface area contributed by atoms with E-state index in [4.69, 9.17) is 18.9 Å². The second-order valence-corrected chi connectivity index (χ2v) is 7.00. The van der Waals surface area contributed by atoms with Gasteiger partial charge in [-0.3, -0.25) is 9.59 Å². The van der Waals surface area contributed by atoms with Crippen LogP contribution in [-0.2, 0) is 16.1 Å². The monoisotopic (exact) mass is 434 g/mol. The van der Waals surface area contributed by atoms with Crippen LogP contribution in [0.3, 0.4) is 0 Å². The Labute approximate surface area is 175 Å². The summed E-state index contributed by atoms with van der Waals surface area (Å²) in [6.45, 7) is -0.177. The molecule has 0 aliphatic heterocycles. The first-order valence-electron chi connectivity index (χ1n) is 8.66. The van der Waals surface area contributed by atoms with Gasteiger partial charge in [0, 0.05) is 5.56 Å². The van der Waals surface area contributed by atoms with Crippen molar-refractivity contribution in [3.05, 3.63) is 46.5 Å². The summed E-state index contributed by atoms with van der Waals surface area (Å²) in [4.78, 5) is 29.1. The number of halogens is 1. The minimum absolute atomic E-state index is 0.177. The van der Waals surface area contributed by atoms with Crippen molar-refractivity contribution in [2.75, 3.05) is 28.4 Å². The molecule has 0 spiro atoms. The van der Waals surface area contributed by atoms with Crippen molar-refractivity contribution >= 4 is 33.4 Å². The predicted octanol–water partition coefficient (Wildman–Crippen LogP) is 2.78. The number of thiazole rings is 1. The van der Waals surface area contributed by atoms with Gasteiger partial charge in [0.25, 0.3) is 5.91 Å². The maximum absolute atomic E-state index is 13.6. The van der Waals surface area contributed by atoms with E-state index in [0.29, 0.717) is 27.5 Å². The molecule has 1 amide bonds. The predicted molar refractivity (Wildman–Crippen MR) is 108 cm³/mol. The van der Waals surface area contributed by atoms with Crippen molar-refractivity contribution in [1.29, 1.82) is 0 Å². The van der Waals surface area contributed by atoms with Gasteiger partial charge in [0.05, 0.1) is 38.7 Å². The minimum atomic E-state index is -0.597. The van der Waals surface area contributed by atoms with Crippen LogP contribution in [0.4, 0.5) is 4.39 Å². The topological polar surface area (TPSA) is 88.4 Å². The van der Waals surface area contributed by atoms with Gasteiger partial charge in [0.2, 0.25) is 5.75 Å². The third kappa shape index (κ3) is 4.13. The van der Waals surface area contributed by atoms with Crippen molar-refractivity contribution < 1.29 is 32.9 Å². The van der Waals surface area contributed by atoms with Gasteiger partial charge in [-0.25, -0.2) is 4.39 Å². The molecule has 30 heavy (non-hydrogen) atoms. The molecule has 0 saturated carbocycles. The van der Waals surface area contributed by atoms with Crippen LogP contribution in [0.5, 0.6) is 17.2 Å². The first-order chi connectivity index (χ1) is 14.4. The number of nitrogens with zero attached hydrogens (tertiary/aromatic N) is 2. The maximum Gasteiger partial charge on any atom is 0.325 e. The standard InChI is InChI=1S/C20H19FN2O6S/c1-26-14-7-11(8-15(27-2)18(14)29-4)19(25)22-20-23(10-17(24)28-3)13-6-5-12(21)9-16(13)30-20/h5-9H,10H2,1-4H3. The second-order valence-electron chi connectivity index (χ2n) is 5.99. The number of hydrogen-bond donors (Lipinski definition) is 0. The summed E-state index contributed by atoms with van der Waals surface area (Å²) in [7, 11) is 5.59. The molecule has 158 valence electrons. The summed E-state index contributed by atoms with van der Waals surface area (Å²) in [6.07, 6.45) is 0. The lowest BCUT2D eigenvalue weighted by Crippen LogP contribution is -2.22. The molecule has 2 aromatic carbocycles. The third-order valence-corrected chi connectivity index (χ3v) is 5.31. The highest BCUT2D eigenvalue weighted by atomic mass is 32.1. The van der Waals surface area contributed by atoms with Crippen LogP contribution in [0.1, 0.15) is 10.4 Å². The molecule has 3 rings (SSSR count). The zero-order chi connectivity index (χ0) is 21.8. The summed E-state index contributed by atoms with van der Waals surface area (Å²) in [5, 5.41) is 0. The smallest absolute Gasteiger partial charge is 0.325 e. The number of esters is 1. The number of hydrogen-bond acceptors (Lipinski definition) is 7. The number of carbonyl (C=O) groups is 2. The number of methoxy groups -OCH3 is 4. The van der Waals surface area contributed by atoms with Crippen LogP contribution in [0, 0.1) is 5.82 Å². The summed E-state index contributed by atoms with van der Waals surface area (Å²) in [5.74, 6) is -0.612. The van der Waals surface area contributed by atoms with Crippen LogP contribution in [0.2, 0.25) is 0 Å². The van der Waals surface area contributed by atoms with Gasteiger partial charge in [0.1, 0.15) is 12.4 Å². The van der Waals surface area contributed by atoms with E-state index in [1.54, 1.807) is 0 Å². The Hall–Kier alpha value is -3.40. The van der Waals surface area contributed by atoms with E-state index in [2.05, 4.69) is 4.99 Å². The fourth-order valence-electron chi connectivity index (χ4n) is 2.83. The molecule has 0 N–H and O–H groups in total. The van der Waals surface area contributed by atoms with Crippen LogP contribution in [0.25, 0.3) is 10.2 Å². The number of aromatic nitrogens is 1. The summed E-state index contributed by atoms with van der Waals surface area (Å²) in [6, 6.07) is 7.06. The molecule has 1 heterocycles. The van der Waals surface area contributed by atoms with Gasteiger partial charge in [-0.05, 0) is 30.3 Å². The number of benzene rings is 2. The van der Waals surface area contributed by atoms with Crippen LogP contribution in [-0.4, -0.2) is 44.9 Å². The van der Waals surface area contributed by atoms with Crippen LogP contribution >= 0.6 is 11.3 Å². The maximum atomic E-state index is 13.6. The van der Waals surface area contributed by atoms with Crippen molar-refractivity contribution in [1.82, 2.24) is 4.57 Å². The molecule has 0 aliphatic carbocycles. The summed E-state index contributed by atoms with van der Waals surface area (Å²) >= 11 is 1.08. The van der Waals surface area contributed by atoms with Crippen molar-refractivity contribution in [2.45, 2.75) is 6.54 Å². The largest absolute Gasteiger partial charge is 0.493 e. The molecule has 3 aromatic rings. The van der Waals surface area contributed by atoms with Gasteiger partial charge < -0.3 is 23.5 Å². The summed E-state index contributed by atoms with van der Waals surface area (Å²) in [5.41, 5.74) is 0.751. The number of amides is 1. The van der Waals surface area contributed by atoms with Crippen molar-refractivity contribution in [3.8, 4) is 17.2 Å². The lowest BCUT2D eigenvalue weighted by atomic mass is 10.1. The van der Waals surface area contributed by atoms with E-state index in [1.165, 1.54) is 63.3 Å². The van der Waals surface area contributed by atoms with E-state index in [-0.39, 0.29) is 16.9 Å². The fourth-order valence-corrected chi connectivity index (χ4v) is 3.89. The van der Waals surface area contributed by atoms with Gasteiger partial charge in [-0.2, -0.15) is 4.99 Å². The zero-order valence-electron chi connectivity index (χ0n) is 16.7. The number of fused-ring (bicyclic) bond motifs is 1.